The van der Waals surface area contributed by atoms with Crippen LogP contribution in [-0.4, -0.2) is 53.5 Å². The van der Waals surface area contributed by atoms with Crippen molar-refractivity contribution in [2.45, 2.75) is 25.9 Å². The van der Waals surface area contributed by atoms with Gasteiger partial charge in [0.2, 0.25) is 19.1 Å². The van der Waals surface area contributed by atoms with Gasteiger partial charge in [-0.1, -0.05) is 30.3 Å². The number of nitrogens with one attached hydrogen (secondary N) is 1. The Labute approximate surface area is 175 Å². The average molecular weight is 407 g/mol. The molecule has 0 saturated heterocycles. The van der Waals surface area contributed by atoms with Crippen LogP contribution in [0.15, 0.2) is 48.5 Å². The van der Waals surface area contributed by atoms with Gasteiger partial charge in [-0.15, -0.1) is 0 Å². The Morgan fingerprint density at radius 2 is 1.83 bits per heavy atom. The van der Waals surface area contributed by atoms with Gasteiger partial charge in [-0.25, -0.2) is 0 Å². The molecule has 0 unspecified atom stereocenters. The summed E-state index contributed by atoms with van der Waals surface area (Å²) >= 11 is 0. The molecule has 2 amide bonds. The molecule has 2 aliphatic heterocycles. The zero-order valence-corrected chi connectivity index (χ0v) is 17.1. The van der Waals surface area contributed by atoms with E-state index in [1.54, 1.807) is 7.05 Å². The van der Waals surface area contributed by atoms with Crippen LogP contribution in [0.5, 0.6) is 11.5 Å². The van der Waals surface area contributed by atoms with Crippen molar-refractivity contribution in [3.8, 4) is 11.5 Å². The highest BCUT2D eigenvalue weighted by atomic mass is 16.7. The SMILES string of the molecule is C[C@H]1Cc2[nH]c3ccccc3c2CN1C(=O)CN(C)C=O.c1ccc2c(c1)OCO2. The highest BCUT2D eigenvalue weighted by molar-refractivity contribution is 5.86. The summed E-state index contributed by atoms with van der Waals surface area (Å²) in [4.78, 5) is 29.7. The smallest absolute Gasteiger partial charge is 0.242 e. The third kappa shape index (κ3) is 3.96. The van der Waals surface area contributed by atoms with Gasteiger partial charge in [0, 0.05) is 48.2 Å². The normalized spacial score (nSPS) is 16.5. The lowest BCUT2D eigenvalue weighted by molar-refractivity contribution is -0.137. The van der Waals surface area contributed by atoms with Crippen molar-refractivity contribution in [3.05, 3.63) is 59.8 Å². The van der Waals surface area contributed by atoms with Gasteiger partial charge in [-0.3, -0.25) is 9.59 Å². The van der Waals surface area contributed by atoms with E-state index in [-0.39, 0.29) is 18.5 Å². The van der Waals surface area contributed by atoms with Gasteiger partial charge in [0.1, 0.15) is 0 Å². The van der Waals surface area contributed by atoms with Gasteiger partial charge in [0.25, 0.3) is 0 Å². The molecule has 2 aliphatic rings. The lowest BCUT2D eigenvalue weighted by Gasteiger charge is -2.34. The predicted molar refractivity (Wildman–Crippen MR) is 113 cm³/mol. The van der Waals surface area contributed by atoms with E-state index in [2.05, 4.69) is 17.1 Å². The van der Waals surface area contributed by atoms with Crippen LogP contribution < -0.4 is 9.47 Å². The maximum absolute atomic E-state index is 12.4. The lowest BCUT2D eigenvalue weighted by Crippen LogP contribution is -2.46. The van der Waals surface area contributed by atoms with Crippen LogP contribution in [0.3, 0.4) is 0 Å². The minimum atomic E-state index is -0.00645. The number of hydrogen-bond donors (Lipinski definition) is 1. The predicted octanol–water partition coefficient (Wildman–Crippen LogP) is 2.94. The fourth-order valence-electron chi connectivity index (χ4n) is 3.86. The maximum atomic E-state index is 12.4. The number of likely N-dealkylation sites (N-methyl/N-ethyl adjacent to an activating group) is 1. The molecule has 0 aliphatic carbocycles. The van der Waals surface area contributed by atoms with Crippen molar-refractivity contribution in [3.63, 3.8) is 0 Å². The Bertz CT molecular complexity index is 1040. The molecule has 2 aromatic carbocycles. The Balaban J connectivity index is 0.000000200. The summed E-state index contributed by atoms with van der Waals surface area (Å²) in [5.74, 6) is 1.68. The molecule has 1 aromatic heterocycles. The molecule has 0 spiro atoms. The number of aromatic nitrogens is 1. The molecule has 30 heavy (non-hydrogen) atoms. The zero-order valence-electron chi connectivity index (χ0n) is 17.1. The Hall–Kier alpha value is -3.48. The highest BCUT2D eigenvalue weighted by Gasteiger charge is 2.29. The van der Waals surface area contributed by atoms with Crippen LogP contribution in [-0.2, 0) is 22.6 Å². The van der Waals surface area contributed by atoms with Crippen LogP contribution in [0.25, 0.3) is 10.9 Å². The van der Waals surface area contributed by atoms with Crippen LogP contribution in [0.1, 0.15) is 18.2 Å². The van der Waals surface area contributed by atoms with Crippen LogP contribution >= 0.6 is 0 Å². The number of para-hydroxylation sites is 3. The zero-order chi connectivity index (χ0) is 21.1. The third-order valence-electron chi connectivity index (χ3n) is 5.43. The number of carbonyl (C=O) groups excluding carboxylic acids is 2. The highest BCUT2D eigenvalue weighted by Crippen LogP contribution is 2.31. The first kappa shape index (κ1) is 19.8. The molecular formula is C23H25N3O4. The van der Waals surface area contributed by atoms with Gasteiger partial charge in [0.05, 0.1) is 6.54 Å². The third-order valence-corrected chi connectivity index (χ3v) is 5.43. The Kier molecular flexibility index (Phi) is 5.61. The molecule has 3 heterocycles. The van der Waals surface area contributed by atoms with Crippen molar-refractivity contribution in [2.75, 3.05) is 20.4 Å². The molecule has 0 fully saturated rings. The Morgan fingerprint density at radius 3 is 2.53 bits per heavy atom. The summed E-state index contributed by atoms with van der Waals surface area (Å²) in [5.41, 5.74) is 3.54. The molecule has 1 N–H and O–H groups in total. The van der Waals surface area contributed by atoms with Crippen molar-refractivity contribution in [1.82, 2.24) is 14.8 Å². The summed E-state index contributed by atoms with van der Waals surface area (Å²) in [6.07, 6.45) is 1.50. The summed E-state index contributed by atoms with van der Waals surface area (Å²) < 4.78 is 10.2. The second kappa shape index (κ2) is 8.49. The van der Waals surface area contributed by atoms with E-state index >= 15 is 0 Å². The summed E-state index contributed by atoms with van der Waals surface area (Å²) in [6.45, 7) is 3.14. The summed E-state index contributed by atoms with van der Waals surface area (Å²) in [7, 11) is 1.62. The molecule has 3 aromatic rings. The fourth-order valence-corrected chi connectivity index (χ4v) is 3.86. The van der Waals surface area contributed by atoms with E-state index in [9.17, 15) is 9.59 Å². The van der Waals surface area contributed by atoms with E-state index in [4.69, 9.17) is 9.47 Å². The minimum absolute atomic E-state index is 0.00645. The quantitative estimate of drug-likeness (QED) is 0.678. The number of rotatable bonds is 3. The number of aromatic amines is 1. The van der Waals surface area contributed by atoms with E-state index < -0.39 is 0 Å². The van der Waals surface area contributed by atoms with Crippen LogP contribution in [0.4, 0.5) is 0 Å². The molecule has 156 valence electrons. The number of H-pyrrole nitrogens is 1. The van der Waals surface area contributed by atoms with E-state index in [1.807, 2.05) is 48.2 Å². The molecular weight excluding hydrogens is 382 g/mol. The number of hydrogen-bond acceptors (Lipinski definition) is 4. The Morgan fingerprint density at radius 1 is 1.17 bits per heavy atom. The molecule has 0 saturated carbocycles. The van der Waals surface area contributed by atoms with Crippen LogP contribution in [0.2, 0.25) is 0 Å². The molecule has 7 heteroatoms. The van der Waals surface area contributed by atoms with E-state index in [0.717, 1.165) is 23.4 Å². The lowest BCUT2D eigenvalue weighted by atomic mass is 9.99. The molecule has 0 bridgehead atoms. The monoisotopic (exact) mass is 407 g/mol. The topological polar surface area (TPSA) is 74.9 Å². The minimum Gasteiger partial charge on any atom is -0.454 e. The number of nitrogens with zero attached hydrogens (tertiary/aromatic N) is 2. The van der Waals surface area contributed by atoms with Gasteiger partial charge < -0.3 is 24.3 Å². The van der Waals surface area contributed by atoms with Gasteiger partial charge in [0.15, 0.2) is 11.5 Å². The van der Waals surface area contributed by atoms with Crippen molar-refractivity contribution >= 4 is 23.2 Å². The molecule has 7 nitrogen and oxygen atoms in total. The van der Waals surface area contributed by atoms with Gasteiger partial charge in [-0.2, -0.15) is 0 Å². The summed E-state index contributed by atoms with van der Waals surface area (Å²) in [6, 6.07) is 15.9. The van der Waals surface area contributed by atoms with Gasteiger partial charge in [-0.05, 0) is 25.1 Å². The van der Waals surface area contributed by atoms with Gasteiger partial charge >= 0.3 is 0 Å². The van der Waals surface area contributed by atoms with Crippen molar-refractivity contribution in [2.24, 2.45) is 0 Å². The molecule has 5 rings (SSSR count). The first-order chi connectivity index (χ1) is 14.6. The second-order valence-corrected chi connectivity index (χ2v) is 7.58. The number of carbonyl (C=O) groups is 2. The first-order valence-electron chi connectivity index (χ1n) is 9.95. The number of ether oxygens (including phenoxy) is 2. The average Bonchev–Trinajstić information content (AvgIpc) is 3.37. The number of amides is 2. The van der Waals surface area contributed by atoms with Crippen molar-refractivity contribution in [1.29, 1.82) is 0 Å². The first-order valence-corrected chi connectivity index (χ1v) is 9.95. The molecule has 0 radical (unpaired) electrons. The number of fused-ring (bicyclic) bond motifs is 4. The van der Waals surface area contributed by atoms with E-state index in [0.29, 0.717) is 19.7 Å². The van der Waals surface area contributed by atoms with E-state index in [1.165, 1.54) is 21.5 Å². The van der Waals surface area contributed by atoms with Crippen molar-refractivity contribution < 1.29 is 19.1 Å². The van der Waals surface area contributed by atoms with Crippen LogP contribution in [0, 0.1) is 0 Å². The molecule has 1 atom stereocenters. The standard InChI is InChI=1S/C16H19N3O2.C7H6O2/c1-11-7-15-13(12-5-3-4-6-14(12)17-15)8-19(11)16(21)9-18(2)10-20;1-2-4-7-6(3-1)8-5-9-7/h3-6,10-11,17H,7-9H2,1-2H3;1-4H,5H2/t11-;/m0./s1. The second-order valence-electron chi connectivity index (χ2n) is 7.58. The largest absolute Gasteiger partial charge is 0.454 e. The fraction of sp³-hybridized carbons (Fsp3) is 0.304. The maximum Gasteiger partial charge on any atom is 0.242 e. The summed E-state index contributed by atoms with van der Waals surface area (Å²) in [5, 5.41) is 1.18. The number of benzene rings is 2.